The monoisotopic (exact) mass is 432 g/mol. The van der Waals surface area contributed by atoms with Crippen molar-refractivity contribution in [2.75, 3.05) is 26.2 Å². The second kappa shape index (κ2) is 10.2. The van der Waals surface area contributed by atoms with Crippen LogP contribution < -0.4 is 5.73 Å². The van der Waals surface area contributed by atoms with Crippen LogP contribution in [0, 0.1) is 16.0 Å². The number of carbonyl (C=O) groups is 2. The average Bonchev–Trinajstić information content (AvgIpc) is 2.77. The van der Waals surface area contributed by atoms with Gasteiger partial charge in [-0.2, -0.15) is 0 Å². The molecule has 2 aromatic carbocycles. The molecule has 2 unspecified atom stereocenters. The van der Waals surface area contributed by atoms with Crippen LogP contribution in [0.25, 0.3) is 0 Å². The van der Waals surface area contributed by atoms with Gasteiger partial charge in [0.1, 0.15) is 0 Å². The zero-order chi connectivity index (χ0) is 21.0. The number of benzene rings is 2. The van der Waals surface area contributed by atoms with Gasteiger partial charge >= 0.3 is 0 Å². The lowest BCUT2D eigenvalue weighted by atomic mass is 9.94. The molecule has 2 N–H and O–H groups in total. The van der Waals surface area contributed by atoms with Gasteiger partial charge in [-0.1, -0.05) is 37.3 Å². The Balaban J connectivity index is 0.00000320. The zero-order valence-corrected chi connectivity index (χ0v) is 17.5. The summed E-state index contributed by atoms with van der Waals surface area (Å²) in [5.74, 6) is -0.584. The Bertz CT molecular complexity index is 884. The molecule has 3 rings (SSSR count). The molecule has 1 aliphatic heterocycles. The molecule has 2 amide bonds. The van der Waals surface area contributed by atoms with E-state index in [2.05, 4.69) is 0 Å². The first-order valence-corrected chi connectivity index (χ1v) is 9.51. The second-order valence-corrected chi connectivity index (χ2v) is 7.15. The van der Waals surface area contributed by atoms with Crippen LogP contribution in [0.5, 0.6) is 0 Å². The molecule has 9 heteroatoms. The van der Waals surface area contributed by atoms with Gasteiger partial charge in [0, 0.05) is 49.9 Å². The number of halogens is 1. The van der Waals surface area contributed by atoms with Gasteiger partial charge in [-0.15, -0.1) is 12.4 Å². The molecule has 1 aliphatic rings. The smallest absolute Gasteiger partial charge is 0.269 e. The number of nitro benzene ring substituents is 1. The van der Waals surface area contributed by atoms with Crippen molar-refractivity contribution in [3.63, 3.8) is 0 Å². The quantitative estimate of drug-likeness (QED) is 0.576. The Morgan fingerprint density at radius 3 is 2.03 bits per heavy atom. The van der Waals surface area contributed by atoms with Crippen molar-refractivity contribution >= 4 is 29.9 Å². The van der Waals surface area contributed by atoms with E-state index < -0.39 is 4.92 Å². The maximum Gasteiger partial charge on any atom is 0.269 e. The summed E-state index contributed by atoms with van der Waals surface area (Å²) in [6, 6.07) is 14.7. The number of hydrogen-bond donors (Lipinski definition) is 1. The summed E-state index contributed by atoms with van der Waals surface area (Å²) in [5.41, 5.74) is 7.53. The number of carbonyl (C=O) groups excluding carboxylic acids is 2. The molecule has 0 aromatic heterocycles. The fourth-order valence-corrected chi connectivity index (χ4v) is 3.44. The van der Waals surface area contributed by atoms with E-state index in [1.807, 2.05) is 37.3 Å². The van der Waals surface area contributed by atoms with Crippen molar-refractivity contribution in [1.29, 1.82) is 0 Å². The van der Waals surface area contributed by atoms with Crippen molar-refractivity contribution in [3.05, 3.63) is 75.8 Å². The lowest BCUT2D eigenvalue weighted by Crippen LogP contribution is -2.52. The SMILES string of the molecule is CC(C(=O)N1CCN(C(=O)c2ccc([N+](=O)[O-])cc2)CC1)C(N)c1ccccc1.Cl. The minimum absolute atomic E-state index is 0. The molecular formula is C21H25ClN4O4. The molecule has 0 bridgehead atoms. The molecule has 0 aliphatic carbocycles. The predicted octanol–water partition coefficient (Wildman–Crippen LogP) is 2.64. The Hall–Kier alpha value is -2.97. The molecule has 8 nitrogen and oxygen atoms in total. The van der Waals surface area contributed by atoms with Crippen molar-refractivity contribution < 1.29 is 14.5 Å². The van der Waals surface area contributed by atoms with Gasteiger partial charge in [-0.05, 0) is 17.7 Å². The van der Waals surface area contributed by atoms with Gasteiger partial charge in [0.25, 0.3) is 11.6 Å². The summed E-state index contributed by atoms with van der Waals surface area (Å²) >= 11 is 0. The minimum Gasteiger partial charge on any atom is -0.339 e. The van der Waals surface area contributed by atoms with Gasteiger partial charge < -0.3 is 15.5 Å². The summed E-state index contributed by atoms with van der Waals surface area (Å²) in [6.07, 6.45) is 0. The highest BCUT2D eigenvalue weighted by molar-refractivity contribution is 5.94. The van der Waals surface area contributed by atoms with Crippen molar-refractivity contribution in [1.82, 2.24) is 9.80 Å². The molecule has 2 atom stereocenters. The van der Waals surface area contributed by atoms with Gasteiger partial charge in [-0.3, -0.25) is 19.7 Å². The fraction of sp³-hybridized carbons (Fsp3) is 0.333. The molecular weight excluding hydrogens is 408 g/mol. The highest BCUT2D eigenvalue weighted by Gasteiger charge is 2.30. The first-order chi connectivity index (χ1) is 13.9. The highest BCUT2D eigenvalue weighted by Crippen LogP contribution is 2.22. The van der Waals surface area contributed by atoms with Crippen LogP contribution in [0.4, 0.5) is 5.69 Å². The van der Waals surface area contributed by atoms with E-state index in [1.165, 1.54) is 24.3 Å². The molecule has 160 valence electrons. The molecule has 1 fully saturated rings. The Kier molecular flexibility index (Phi) is 7.91. The lowest BCUT2D eigenvalue weighted by molar-refractivity contribution is -0.384. The standard InChI is InChI=1S/C21H24N4O4.ClH/c1-15(19(22)16-5-3-2-4-6-16)20(26)23-11-13-24(14-12-23)21(27)17-7-9-18(10-8-17)25(28)29;/h2-10,15,19H,11-14,22H2,1H3;1H. The number of piperazine rings is 1. The summed E-state index contributed by atoms with van der Waals surface area (Å²) < 4.78 is 0. The van der Waals surface area contributed by atoms with E-state index >= 15 is 0 Å². The van der Waals surface area contributed by atoms with Gasteiger partial charge in [-0.25, -0.2) is 0 Å². The number of amides is 2. The van der Waals surface area contributed by atoms with E-state index in [-0.39, 0.29) is 41.9 Å². The summed E-state index contributed by atoms with van der Waals surface area (Å²) in [6.45, 7) is 3.52. The Morgan fingerprint density at radius 1 is 0.967 bits per heavy atom. The summed E-state index contributed by atoms with van der Waals surface area (Å²) in [7, 11) is 0. The van der Waals surface area contributed by atoms with Gasteiger partial charge in [0.05, 0.1) is 10.8 Å². The third-order valence-electron chi connectivity index (χ3n) is 5.32. The molecule has 0 radical (unpaired) electrons. The topological polar surface area (TPSA) is 110 Å². The lowest BCUT2D eigenvalue weighted by Gasteiger charge is -2.37. The van der Waals surface area contributed by atoms with E-state index in [1.54, 1.807) is 9.80 Å². The Labute approximate surface area is 181 Å². The predicted molar refractivity (Wildman–Crippen MR) is 115 cm³/mol. The summed E-state index contributed by atoms with van der Waals surface area (Å²) in [5, 5.41) is 10.7. The third kappa shape index (κ3) is 5.14. The first-order valence-electron chi connectivity index (χ1n) is 9.51. The number of hydrogen-bond acceptors (Lipinski definition) is 5. The van der Waals surface area contributed by atoms with Gasteiger partial charge in [0.15, 0.2) is 0 Å². The molecule has 2 aromatic rings. The summed E-state index contributed by atoms with van der Waals surface area (Å²) in [4.78, 5) is 39.1. The van der Waals surface area contributed by atoms with Crippen molar-refractivity contribution in [2.45, 2.75) is 13.0 Å². The van der Waals surface area contributed by atoms with Crippen molar-refractivity contribution in [3.8, 4) is 0 Å². The molecule has 0 spiro atoms. The maximum absolute atomic E-state index is 12.8. The molecule has 30 heavy (non-hydrogen) atoms. The fourth-order valence-electron chi connectivity index (χ4n) is 3.44. The van der Waals surface area contributed by atoms with Crippen LogP contribution >= 0.6 is 12.4 Å². The average molecular weight is 433 g/mol. The Morgan fingerprint density at radius 2 is 1.50 bits per heavy atom. The molecule has 0 saturated carbocycles. The second-order valence-electron chi connectivity index (χ2n) is 7.15. The van der Waals surface area contributed by atoms with E-state index in [9.17, 15) is 19.7 Å². The maximum atomic E-state index is 12.8. The van der Waals surface area contributed by atoms with Crippen LogP contribution in [0.2, 0.25) is 0 Å². The van der Waals surface area contributed by atoms with Crippen LogP contribution in [0.15, 0.2) is 54.6 Å². The van der Waals surface area contributed by atoms with E-state index in [4.69, 9.17) is 5.73 Å². The zero-order valence-electron chi connectivity index (χ0n) is 16.6. The van der Waals surface area contributed by atoms with E-state index in [0.717, 1.165) is 5.56 Å². The van der Waals surface area contributed by atoms with Gasteiger partial charge in [0.2, 0.25) is 5.91 Å². The highest BCUT2D eigenvalue weighted by atomic mass is 35.5. The first kappa shape index (κ1) is 23.3. The van der Waals surface area contributed by atoms with Crippen LogP contribution in [0.1, 0.15) is 28.9 Å². The van der Waals surface area contributed by atoms with E-state index in [0.29, 0.717) is 31.7 Å². The number of nitrogens with zero attached hydrogens (tertiary/aromatic N) is 3. The van der Waals surface area contributed by atoms with Crippen molar-refractivity contribution in [2.24, 2.45) is 11.7 Å². The number of rotatable bonds is 5. The number of nitro groups is 1. The molecule has 1 heterocycles. The van der Waals surface area contributed by atoms with Crippen LogP contribution in [-0.2, 0) is 4.79 Å². The van der Waals surface area contributed by atoms with Crippen LogP contribution in [-0.4, -0.2) is 52.7 Å². The minimum atomic E-state index is -0.500. The number of non-ortho nitro benzene ring substituents is 1. The largest absolute Gasteiger partial charge is 0.339 e. The third-order valence-corrected chi connectivity index (χ3v) is 5.32. The normalized spacial score (nSPS) is 15.7. The molecule has 1 saturated heterocycles. The van der Waals surface area contributed by atoms with Crippen LogP contribution in [0.3, 0.4) is 0 Å². The number of nitrogens with two attached hydrogens (primary N) is 1.